The van der Waals surface area contributed by atoms with E-state index in [0.29, 0.717) is 12.8 Å². The minimum Gasteiger partial charge on any atom is -0.870 e. The fraction of sp³-hybridized carbons (Fsp3) is 0.300. The molecular formula is C10H13BO4. The summed E-state index contributed by atoms with van der Waals surface area (Å²) in [4.78, 5) is 10.8. The molecule has 0 saturated heterocycles. The van der Waals surface area contributed by atoms with Crippen LogP contribution in [0.1, 0.15) is 12.0 Å². The van der Waals surface area contributed by atoms with Crippen LogP contribution in [0.2, 0.25) is 0 Å². The molecule has 0 bridgehead atoms. The first kappa shape index (κ1) is 16.1. The first-order chi connectivity index (χ1) is 6.22. The Bertz CT molecular complexity index is 284. The van der Waals surface area contributed by atoms with Gasteiger partial charge >= 0.3 is 78.6 Å². The zero-order chi connectivity index (χ0) is 9.68. The van der Waals surface area contributed by atoms with Gasteiger partial charge in [0.15, 0.2) is 0 Å². The van der Waals surface area contributed by atoms with E-state index in [1.807, 2.05) is 24.3 Å². The van der Waals surface area contributed by atoms with Gasteiger partial charge in [-0.2, -0.15) is 0 Å². The normalized spacial score (nSPS) is 8.47. The maximum atomic E-state index is 10.8. The van der Waals surface area contributed by atoms with Crippen LogP contribution >= 0.6 is 0 Å². The van der Waals surface area contributed by atoms with Crippen LogP contribution in [0.15, 0.2) is 24.3 Å². The zero-order valence-corrected chi connectivity index (χ0v) is 8.51. The molecule has 15 heavy (non-hydrogen) atoms. The van der Waals surface area contributed by atoms with Gasteiger partial charge in [0.1, 0.15) is 0 Å². The van der Waals surface area contributed by atoms with Crippen molar-refractivity contribution < 1.29 is 20.5 Å². The summed E-state index contributed by atoms with van der Waals surface area (Å²) in [7, 11) is 6.91. The maximum Gasteiger partial charge on any atom is -0.870 e. The third-order valence-electron chi connectivity index (χ3n) is 1.83. The molecule has 1 aromatic rings. The Labute approximate surface area is 90.3 Å². The monoisotopic (exact) mass is 208 g/mol. The third-order valence-corrected chi connectivity index (χ3v) is 1.83. The quantitative estimate of drug-likeness (QED) is 0.525. The van der Waals surface area contributed by atoms with E-state index in [-0.39, 0.29) is 16.9 Å². The van der Waals surface area contributed by atoms with Gasteiger partial charge in [-0.25, -0.2) is 0 Å². The minimum atomic E-state index is -0.183. The van der Waals surface area contributed by atoms with Crippen LogP contribution in [0.4, 0.5) is 0 Å². The topological polar surface area (TPSA) is 86.3 Å². The third kappa shape index (κ3) is 5.88. The van der Waals surface area contributed by atoms with Crippen LogP contribution in [0.3, 0.4) is 0 Å². The van der Waals surface area contributed by atoms with Crippen molar-refractivity contribution in [3.8, 4) is 0 Å². The number of ether oxygens (including phenoxy) is 1. The van der Waals surface area contributed by atoms with Gasteiger partial charge in [0.2, 0.25) is 0 Å². The molecular weight excluding hydrogens is 195 g/mol. The van der Waals surface area contributed by atoms with Crippen LogP contribution in [0, 0.1) is 0 Å². The number of hydrogen-bond acceptors (Lipinski definition) is 4. The van der Waals surface area contributed by atoms with Gasteiger partial charge in [0.05, 0.1) is 0 Å². The fourth-order valence-electron chi connectivity index (χ4n) is 1.03. The van der Waals surface area contributed by atoms with Crippen LogP contribution in [0.25, 0.3) is 0 Å². The van der Waals surface area contributed by atoms with E-state index in [4.69, 9.17) is 7.85 Å². The number of carbonyl (C=O) groups is 1. The van der Waals surface area contributed by atoms with Crippen LogP contribution in [-0.2, 0) is 16.0 Å². The van der Waals surface area contributed by atoms with Crippen LogP contribution < -0.4 is 5.46 Å². The molecule has 0 atom stereocenters. The van der Waals surface area contributed by atoms with Gasteiger partial charge in [0.25, 0.3) is 0 Å². The molecule has 0 radical (unpaired) electrons. The van der Waals surface area contributed by atoms with Crippen LogP contribution in [0.5, 0.6) is 0 Å². The molecule has 5 heteroatoms. The Morgan fingerprint density at radius 1 is 1.27 bits per heavy atom. The molecule has 0 unspecified atom stereocenters. The summed E-state index contributed by atoms with van der Waals surface area (Å²) < 4.78 is 4.53. The number of hydrogen-bond donors (Lipinski definition) is 0. The second kappa shape index (κ2) is 8.02. The van der Waals surface area contributed by atoms with E-state index >= 15 is 0 Å². The molecule has 1 rings (SSSR count). The Morgan fingerprint density at radius 3 is 2.27 bits per heavy atom. The number of benzene rings is 1. The molecule has 0 aliphatic heterocycles. The smallest absolute Gasteiger partial charge is 0.870 e. The molecule has 1 aromatic carbocycles. The molecule has 0 heterocycles. The number of esters is 1. The van der Waals surface area contributed by atoms with Crippen molar-refractivity contribution in [3.05, 3.63) is 29.8 Å². The van der Waals surface area contributed by atoms with Gasteiger partial charge < -0.3 is 11.0 Å². The van der Waals surface area contributed by atoms with E-state index in [1.165, 1.54) is 7.11 Å². The molecule has 0 spiro atoms. The van der Waals surface area contributed by atoms with E-state index < -0.39 is 0 Å². The van der Waals surface area contributed by atoms with Crippen molar-refractivity contribution in [3.63, 3.8) is 0 Å². The van der Waals surface area contributed by atoms with Crippen molar-refractivity contribution in [1.82, 2.24) is 0 Å². The molecule has 2 N–H and O–H groups in total. The van der Waals surface area contributed by atoms with Gasteiger partial charge in [-0.3, -0.25) is 0 Å². The Kier molecular flexibility index (Phi) is 8.62. The largest absolute Gasteiger partial charge is 0.870 e. The maximum absolute atomic E-state index is 10.8. The Hall–Kier alpha value is -1.33. The minimum absolute atomic E-state index is 0. The first-order valence-corrected chi connectivity index (χ1v) is 4.13. The number of aryl methyl sites for hydroxylation is 1. The van der Waals surface area contributed by atoms with Crippen molar-refractivity contribution in [1.29, 1.82) is 0 Å². The molecule has 4 nitrogen and oxygen atoms in total. The van der Waals surface area contributed by atoms with Gasteiger partial charge in [-0.15, -0.1) is 0 Å². The molecule has 0 saturated carbocycles. The fourth-order valence-corrected chi connectivity index (χ4v) is 1.03. The molecule has 0 aliphatic carbocycles. The van der Waals surface area contributed by atoms with E-state index in [9.17, 15) is 4.79 Å². The van der Waals surface area contributed by atoms with Gasteiger partial charge in [-0.1, -0.05) is 0 Å². The van der Waals surface area contributed by atoms with Gasteiger partial charge in [0, 0.05) is 0 Å². The summed E-state index contributed by atoms with van der Waals surface area (Å²) in [6, 6.07) is 7.48. The van der Waals surface area contributed by atoms with E-state index in [1.54, 1.807) is 0 Å². The van der Waals surface area contributed by atoms with Crippen LogP contribution in [-0.4, -0.2) is 31.9 Å². The SMILES string of the molecule is [B+2]c1ccc(CCC(=O)OC)cc1.[OH-].[OH-]. The second-order valence-corrected chi connectivity index (χ2v) is 2.82. The average molecular weight is 208 g/mol. The first-order valence-electron chi connectivity index (χ1n) is 4.13. The number of rotatable bonds is 3. The Balaban J connectivity index is 0. The summed E-state index contributed by atoms with van der Waals surface area (Å²) in [5.41, 5.74) is 1.83. The predicted octanol–water partition coefficient (Wildman–Crippen LogP) is 0.232. The molecule has 0 fully saturated rings. The summed E-state index contributed by atoms with van der Waals surface area (Å²) >= 11 is 0. The summed E-state index contributed by atoms with van der Waals surface area (Å²) in [6.07, 6.45) is 1.12. The average Bonchev–Trinajstić information content (AvgIpc) is 2.16. The summed E-state index contributed by atoms with van der Waals surface area (Å²) in [5, 5.41) is 0. The second-order valence-electron chi connectivity index (χ2n) is 2.82. The predicted molar refractivity (Wildman–Crippen MR) is 56.0 cm³/mol. The molecule has 0 aromatic heterocycles. The van der Waals surface area contributed by atoms with E-state index in [0.717, 1.165) is 11.0 Å². The van der Waals surface area contributed by atoms with E-state index in [2.05, 4.69) is 4.74 Å². The summed E-state index contributed by atoms with van der Waals surface area (Å²) in [5.74, 6) is -0.183. The van der Waals surface area contributed by atoms with Crippen molar-refractivity contribution in [2.75, 3.05) is 7.11 Å². The molecule has 0 aliphatic rings. The molecule has 0 amide bonds. The van der Waals surface area contributed by atoms with Gasteiger partial charge in [-0.05, 0) is 0 Å². The van der Waals surface area contributed by atoms with Crippen molar-refractivity contribution >= 4 is 19.3 Å². The summed E-state index contributed by atoms with van der Waals surface area (Å²) in [6.45, 7) is 0. The van der Waals surface area contributed by atoms with Crippen molar-refractivity contribution in [2.45, 2.75) is 12.8 Å². The zero-order valence-electron chi connectivity index (χ0n) is 8.51. The standard InChI is InChI=1S/C10H11BO2.2H2O/c1-13-10(12)7-4-8-2-5-9(11)6-3-8;;/h2-3,5-6H,4,7H2,1H3;2*1H2/q+2;;/p-2. The molecule has 80 valence electrons. The van der Waals surface area contributed by atoms with Crippen molar-refractivity contribution in [2.24, 2.45) is 0 Å². The number of methoxy groups -OCH3 is 1. The number of carbonyl (C=O) groups excluding carboxylic acids is 1. The Morgan fingerprint density at radius 2 is 1.80 bits per heavy atom.